The second-order valence-electron chi connectivity index (χ2n) is 5.22. The van der Waals surface area contributed by atoms with Crippen molar-refractivity contribution in [3.8, 4) is 0 Å². The van der Waals surface area contributed by atoms with E-state index in [-0.39, 0.29) is 6.61 Å². The van der Waals surface area contributed by atoms with Gasteiger partial charge in [-0.25, -0.2) is 4.98 Å². The van der Waals surface area contributed by atoms with Crippen LogP contribution in [0.5, 0.6) is 0 Å². The largest absolute Gasteiger partial charge is 0.390 e. The minimum Gasteiger partial charge on any atom is -0.390 e. The van der Waals surface area contributed by atoms with Gasteiger partial charge in [0.25, 0.3) is 0 Å². The molecule has 0 atom stereocenters. The maximum Gasteiger partial charge on any atom is 0.136 e. The number of hydrogen-bond donors (Lipinski definition) is 1. The maximum atomic E-state index is 9.39. The van der Waals surface area contributed by atoms with Gasteiger partial charge in [-0.2, -0.15) is 0 Å². The molecule has 100 valence electrons. The van der Waals surface area contributed by atoms with E-state index in [2.05, 4.69) is 28.1 Å². The molecule has 2 aromatic rings. The van der Waals surface area contributed by atoms with Crippen molar-refractivity contribution in [2.24, 2.45) is 0 Å². The third-order valence-corrected chi connectivity index (χ3v) is 3.84. The third kappa shape index (κ3) is 2.56. The van der Waals surface area contributed by atoms with Gasteiger partial charge in [0, 0.05) is 18.5 Å². The molecule has 19 heavy (non-hydrogen) atoms. The fraction of sp³-hybridized carbons (Fsp3) is 0.438. The number of rotatable bonds is 2. The van der Waals surface area contributed by atoms with E-state index in [4.69, 9.17) is 0 Å². The molecule has 0 spiro atoms. The molecule has 0 bridgehead atoms. The van der Waals surface area contributed by atoms with E-state index in [1.807, 2.05) is 12.1 Å². The highest BCUT2D eigenvalue weighted by molar-refractivity contribution is 5.92. The van der Waals surface area contributed by atoms with Crippen LogP contribution in [0.3, 0.4) is 0 Å². The molecule has 2 heterocycles. The second-order valence-corrected chi connectivity index (χ2v) is 5.22. The first-order chi connectivity index (χ1) is 9.38. The summed E-state index contributed by atoms with van der Waals surface area (Å²) in [6.45, 7) is 2.16. The average Bonchev–Trinajstić information content (AvgIpc) is 2.75. The van der Waals surface area contributed by atoms with Gasteiger partial charge in [0.05, 0.1) is 12.3 Å². The summed E-state index contributed by atoms with van der Waals surface area (Å²) >= 11 is 0. The zero-order chi connectivity index (χ0) is 13.1. The second kappa shape index (κ2) is 5.57. The van der Waals surface area contributed by atoms with Crippen molar-refractivity contribution in [2.75, 3.05) is 18.0 Å². The molecular weight excluding hydrogens is 236 g/mol. The first kappa shape index (κ1) is 12.4. The number of aromatic nitrogens is 1. The van der Waals surface area contributed by atoms with Crippen LogP contribution < -0.4 is 4.90 Å². The third-order valence-electron chi connectivity index (χ3n) is 3.84. The van der Waals surface area contributed by atoms with E-state index < -0.39 is 0 Å². The standard InChI is InChI=1S/C16H20N2O/c19-12-14-11-13-7-3-4-8-15(13)16(17-14)18-9-5-1-2-6-10-18/h3-4,7-8,11,19H,1-2,5-6,9-10,12H2. The van der Waals surface area contributed by atoms with Crippen molar-refractivity contribution in [1.82, 2.24) is 4.98 Å². The molecule has 1 aromatic carbocycles. The highest BCUT2D eigenvalue weighted by atomic mass is 16.3. The molecular formula is C16H20N2O. The molecule has 3 rings (SSSR count). The molecule has 1 fully saturated rings. The van der Waals surface area contributed by atoms with Crippen molar-refractivity contribution in [3.05, 3.63) is 36.0 Å². The van der Waals surface area contributed by atoms with Crippen LogP contribution in [0, 0.1) is 0 Å². The molecule has 0 radical (unpaired) electrons. The lowest BCUT2D eigenvalue weighted by Gasteiger charge is -2.23. The fourth-order valence-corrected chi connectivity index (χ4v) is 2.84. The number of anilines is 1. The van der Waals surface area contributed by atoms with Crippen molar-refractivity contribution >= 4 is 16.6 Å². The Morgan fingerprint density at radius 3 is 2.53 bits per heavy atom. The lowest BCUT2D eigenvalue weighted by Crippen LogP contribution is -2.25. The van der Waals surface area contributed by atoms with E-state index in [0.29, 0.717) is 0 Å². The van der Waals surface area contributed by atoms with Crippen LogP contribution in [0.4, 0.5) is 5.82 Å². The Hall–Kier alpha value is -1.61. The van der Waals surface area contributed by atoms with Crippen LogP contribution in [-0.4, -0.2) is 23.2 Å². The van der Waals surface area contributed by atoms with Gasteiger partial charge in [0.15, 0.2) is 0 Å². The molecule has 3 heteroatoms. The van der Waals surface area contributed by atoms with Gasteiger partial charge in [-0.05, 0) is 24.3 Å². The van der Waals surface area contributed by atoms with Crippen LogP contribution in [0.1, 0.15) is 31.4 Å². The monoisotopic (exact) mass is 256 g/mol. The summed E-state index contributed by atoms with van der Waals surface area (Å²) in [5.41, 5.74) is 0.762. The Balaban J connectivity index is 2.09. The molecule has 0 unspecified atom stereocenters. The van der Waals surface area contributed by atoms with Crippen LogP contribution in [0.25, 0.3) is 10.8 Å². The summed E-state index contributed by atoms with van der Waals surface area (Å²) in [7, 11) is 0. The van der Waals surface area contributed by atoms with Gasteiger partial charge in [-0.3, -0.25) is 0 Å². The number of aliphatic hydroxyl groups excluding tert-OH is 1. The van der Waals surface area contributed by atoms with E-state index in [0.717, 1.165) is 24.6 Å². The first-order valence-corrected chi connectivity index (χ1v) is 7.13. The highest BCUT2D eigenvalue weighted by Crippen LogP contribution is 2.27. The van der Waals surface area contributed by atoms with E-state index in [1.165, 1.54) is 36.5 Å². The topological polar surface area (TPSA) is 36.4 Å². The quantitative estimate of drug-likeness (QED) is 0.897. The van der Waals surface area contributed by atoms with Gasteiger partial charge in [0.1, 0.15) is 5.82 Å². The molecule has 1 saturated heterocycles. The Morgan fingerprint density at radius 1 is 1.05 bits per heavy atom. The zero-order valence-corrected chi connectivity index (χ0v) is 11.2. The van der Waals surface area contributed by atoms with Crippen LogP contribution in [-0.2, 0) is 6.61 Å². The number of pyridine rings is 1. The fourth-order valence-electron chi connectivity index (χ4n) is 2.84. The molecule has 1 aliphatic heterocycles. The summed E-state index contributed by atoms with van der Waals surface area (Å²) in [6, 6.07) is 10.3. The van der Waals surface area contributed by atoms with Crippen molar-refractivity contribution in [1.29, 1.82) is 0 Å². The lowest BCUT2D eigenvalue weighted by molar-refractivity contribution is 0.277. The number of benzene rings is 1. The van der Waals surface area contributed by atoms with Crippen LogP contribution >= 0.6 is 0 Å². The summed E-state index contributed by atoms with van der Waals surface area (Å²) in [5.74, 6) is 1.05. The molecule has 0 aliphatic carbocycles. The van der Waals surface area contributed by atoms with E-state index in [1.54, 1.807) is 0 Å². The minimum absolute atomic E-state index is 0.00563. The van der Waals surface area contributed by atoms with Crippen molar-refractivity contribution < 1.29 is 5.11 Å². The summed E-state index contributed by atoms with van der Waals surface area (Å²) < 4.78 is 0. The van der Waals surface area contributed by atoms with Gasteiger partial charge in [-0.15, -0.1) is 0 Å². The molecule has 1 aliphatic rings. The van der Waals surface area contributed by atoms with Gasteiger partial charge in [-0.1, -0.05) is 37.1 Å². The summed E-state index contributed by atoms with van der Waals surface area (Å²) in [5, 5.41) is 11.8. The van der Waals surface area contributed by atoms with Gasteiger partial charge < -0.3 is 10.0 Å². The Morgan fingerprint density at radius 2 is 1.79 bits per heavy atom. The zero-order valence-electron chi connectivity index (χ0n) is 11.2. The summed E-state index contributed by atoms with van der Waals surface area (Å²) in [4.78, 5) is 7.04. The number of aliphatic hydroxyl groups is 1. The molecule has 1 aromatic heterocycles. The highest BCUT2D eigenvalue weighted by Gasteiger charge is 2.14. The average molecular weight is 256 g/mol. The number of nitrogens with zero attached hydrogens (tertiary/aromatic N) is 2. The van der Waals surface area contributed by atoms with Gasteiger partial charge >= 0.3 is 0 Å². The first-order valence-electron chi connectivity index (χ1n) is 7.13. The number of hydrogen-bond acceptors (Lipinski definition) is 3. The molecule has 1 N–H and O–H groups in total. The van der Waals surface area contributed by atoms with Crippen molar-refractivity contribution in [2.45, 2.75) is 32.3 Å². The predicted molar refractivity (Wildman–Crippen MR) is 78.3 cm³/mol. The Kier molecular flexibility index (Phi) is 3.65. The lowest BCUT2D eigenvalue weighted by atomic mass is 10.1. The minimum atomic E-state index is 0.00563. The molecule has 0 amide bonds. The predicted octanol–water partition coefficient (Wildman–Crippen LogP) is 3.11. The normalized spacial score (nSPS) is 16.6. The molecule has 0 saturated carbocycles. The summed E-state index contributed by atoms with van der Waals surface area (Å²) in [6.07, 6.45) is 5.10. The Bertz CT molecular complexity index is 560. The van der Waals surface area contributed by atoms with Gasteiger partial charge in [0.2, 0.25) is 0 Å². The SMILES string of the molecule is OCc1cc2ccccc2c(N2CCCCCC2)n1. The van der Waals surface area contributed by atoms with E-state index >= 15 is 0 Å². The van der Waals surface area contributed by atoms with E-state index in [9.17, 15) is 5.11 Å². The molecule has 3 nitrogen and oxygen atoms in total. The number of fused-ring (bicyclic) bond motifs is 1. The van der Waals surface area contributed by atoms with Crippen LogP contribution in [0.2, 0.25) is 0 Å². The van der Waals surface area contributed by atoms with Crippen LogP contribution in [0.15, 0.2) is 30.3 Å². The maximum absolute atomic E-state index is 9.39. The Labute approximate surface area is 113 Å². The van der Waals surface area contributed by atoms with Crippen molar-refractivity contribution in [3.63, 3.8) is 0 Å². The smallest absolute Gasteiger partial charge is 0.136 e.